The first kappa shape index (κ1) is 11.3. The van der Waals surface area contributed by atoms with Crippen LogP contribution in [0.2, 0.25) is 0 Å². The Kier molecular flexibility index (Phi) is 3.36. The maximum Gasteiger partial charge on any atom is 0.147 e. The second kappa shape index (κ2) is 4.76. The molecular formula is C11H18N4O. The fourth-order valence-electron chi connectivity index (χ4n) is 2.06. The molecule has 1 aromatic rings. The lowest BCUT2D eigenvalue weighted by Gasteiger charge is -2.38. The third-order valence-electron chi connectivity index (χ3n) is 2.98. The molecule has 1 N–H and O–H groups in total. The zero-order valence-corrected chi connectivity index (χ0v) is 9.80. The fraction of sp³-hybridized carbons (Fsp3) is 0.636. The monoisotopic (exact) mass is 222 g/mol. The molecule has 1 atom stereocenters. The summed E-state index contributed by atoms with van der Waals surface area (Å²) in [6.07, 6.45) is 3.38. The van der Waals surface area contributed by atoms with Crippen LogP contribution in [0.3, 0.4) is 0 Å². The summed E-state index contributed by atoms with van der Waals surface area (Å²) < 4.78 is 0. The van der Waals surface area contributed by atoms with Crippen molar-refractivity contribution in [2.45, 2.75) is 19.6 Å². The van der Waals surface area contributed by atoms with Crippen molar-refractivity contribution in [3.05, 3.63) is 18.1 Å². The highest BCUT2D eigenvalue weighted by atomic mass is 16.3. The quantitative estimate of drug-likeness (QED) is 0.769. The lowest BCUT2D eigenvalue weighted by Crippen LogP contribution is -2.50. The van der Waals surface area contributed by atoms with Crippen LogP contribution in [0.4, 0.5) is 5.82 Å². The van der Waals surface area contributed by atoms with E-state index >= 15 is 0 Å². The van der Waals surface area contributed by atoms with Gasteiger partial charge in [-0.1, -0.05) is 0 Å². The average Bonchev–Trinajstić information content (AvgIpc) is 2.29. The van der Waals surface area contributed by atoms with E-state index in [1.54, 1.807) is 12.4 Å². The summed E-state index contributed by atoms with van der Waals surface area (Å²) in [5, 5.41) is 8.90. The van der Waals surface area contributed by atoms with Gasteiger partial charge in [-0.15, -0.1) is 0 Å². The van der Waals surface area contributed by atoms with Gasteiger partial charge >= 0.3 is 0 Å². The molecule has 88 valence electrons. The molecular weight excluding hydrogens is 204 g/mol. The van der Waals surface area contributed by atoms with Crippen molar-refractivity contribution in [2.24, 2.45) is 0 Å². The van der Waals surface area contributed by atoms with E-state index in [4.69, 9.17) is 5.11 Å². The molecule has 0 amide bonds. The Morgan fingerprint density at radius 1 is 1.38 bits per heavy atom. The predicted octanol–water partition coefficient (Wildman–Crippen LogP) is 0.109. The van der Waals surface area contributed by atoms with Gasteiger partial charge in [-0.2, -0.15) is 0 Å². The molecule has 0 bridgehead atoms. The molecule has 2 heterocycles. The number of anilines is 1. The summed E-state index contributed by atoms with van der Waals surface area (Å²) in [7, 11) is 2.13. The first-order chi connectivity index (χ1) is 7.70. The van der Waals surface area contributed by atoms with E-state index in [1.165, 1.54) is 0 Å². The number of likely N-dealkylation sites (N-methyl/N-ethyl adjacent to an activating group) is 1. The van der Waals surface area contributed by atoms with Gasteiger partial charge in [0.1, 0.15) is 5.82 Å². The molecule has 5 nitrogen and oxygen atoms in total. The molecule has 5 heteroatoms. The Balaban J connectivity index is 2.11. The maximum absolute atomic E-state index is 8.90. The summed E-state index contributed by atoms with van der Waals surface area (Å²) in [6, 6.07) is 0.452. The summed E-state index contributed by atoms with van der Waals surface area (Å²) in [4.78, 5) is 13.1. The molecule has 16 heavy (non-hydrogen) atoms. The number of hydrogen-bond acceptors (Lipinski definition) is 5. The van der Waals surface area contributed by atoms with Gasteiger partial charge in [0.05, 0.1) is 24.7 Å². The van der Waals surface area contributed by atoms with E-state index in [2.05, 4.69) is 33.7 Å². The average molecular weight is 222 g/mol. The van der Waals surface area contributed by atoms with Crippen LogP contribution >= 0.6 is 0 Å². The third kappa shape index (κ3) is 2.31. The minimum absolute atomic E-state index is 0.0500. The molecule has 1 aromatic heterocycles. The molecule has 1 unspecified atom stereocenters. The van der Waals surface area contributed by atoms with Gasteiger partial charge < -0.3 is 14.9 Å². The molecule has 1 saturated heterocycles. The van der Waals surface area contributed by atoms with E-state index in [1.807, 2.05) is 0 Å². The molecule has 0 saturated carbocycles. The second-order valence-corrected chi connectivity index (χ2v) is 4.33. The van der Waals surface area contributed by atoms with Crippen LogP contribution in [0.15, 0.2) is 12.4 Å². The van der Waals surface area contributed by atoms with Gasteiger partial charge in [-0.25, -0.2) is 4.98 Å². The molecule has 1 fully saturated rings. The number of rotatable bonds is 2. The van der Waals surface area contributed by atoms with Crippen LogP contribution < -0.4 is 4.90 Å². The number of hydrogen-bond donors (Lipinski definition) is 1. The minimum atomic E-state index is -0.0500. The van der Waals surface area contributed by atoms with Gasteiger partial charge in [0, 0.05) is 25.7 Å². The van der Waals surface area contributed by atoms with Crippen molar-refractivity contribution in [1.82, 2.24) is 14.9 Å². The topological polar surface area (TPSA) is 52.5 Å². The molecule has 1 aliphatic heterocycles. The van der Waals surface area contributed by atoms with Crippen LogP contribution in [0, 0.1) is 0 Å². The molecule has 0 aliphatic carbocycles. The highest BCUT2D eigenvalue weighted by molar-refractivity contribution is 5.38. The number of nitrogens with zero attached hydrogens (tertiary/aromatic N) is 4. The highest BCUT2D eigenvalue weighted by Crippen LogP contribution is 2.16. The maximum atomic E-state index is 8.90. The Hall–Kier alpha value is -1.20. The SMILES string of the molecule is CC1CN(C)CCN1c1cnc(CO)cn1. The van der Waals surface area contributed by atoms with Crippen LogP contribution in [0.25, 0.3) is 0 Å². The Bertz CT molecular complexity index is 340. The summed E-state index contributed by atoms with van der Waals surface area (Å²) in [5.74, 6) is 0.901. The second-order valence-electron chi connectivity index (χ2n) is 4.33. The van der Waals surface area contributed by atoms with Crippen LogP contribution in [0.5, 0.6) is 0 Å². The van der Waals surface area contributed by atoms with Crippen molar-refractivity contribution in [3.8, 4) is 0 Å². The number of aliphatic hydroxyl groups excluding tert-OH is 1. The van der Waals surface area contributed by atoms with Gasteiger partial charge in [0.2, 0.25) is 0 Å². The first-order valence-electron chi connectivity index (χ1n) is 5.57. The van der Waals surface area contributed by atoms with E-state index in [9.17, 15) is 0 Å². The van der Waals surface area contributed by atoms with Gasteiger partial charge in [-0.3, -0.25) is 4.98 Å². The van der Waals surface area contributed by atoms with Crippen LogP contribution in [-0.2, 0) is 6.61 Å². The summed E-state index contributed by atoms with van der Waals surface area (Å²) in [6.45, 7) is 5.21. The Labute approximate surface area is 95.7 Å². The van der Waals surface area contributed by atoms with Crippen molar-refractivity contribution >= 4 is 5.82 Å². The molecule has 0 aromatic carbocycles. The van der Waals surface area contributed by atoms with Crippen molar-refractivity contribution in [1.29, 1.82) is 0 Å². The Morgan fingerprint density at radius 3 is 2.75 bits per heavy atom. The third-order valence-corrected chi connectivity index (χ3v) is 2.98. The largest absolute Gasteiger partial charge is 0.390 e. The van der Waals surface area contributed by atoms with Gasteiger partial charge in [0.25, 0.3) is 0 Å². The number of aliphatic hydroxyl groups is 1. The summed E-state index contributed by atoms with van der Waals surface area (Å²) >= 11 is 0. The van der Waals surface area contributed by atoms with E-state index in [-0.39, 0.29) is 6.61 Å². The van der Waals surface area contributed by atoms with E-state index in [0.29, 0.717) is 11.7 Å². The highest BCUT2D eigenvalue weighted by Gasteiger charge is 2.22. The van der Waals surface area contributed by atoms with Crippen molar-refractivity contribution < 1.29 is 5.11 Å². The van der Waals surface area contributed by atoms with Crippen molar-refractivity contribution in [3.63, 3.8) is 0 Å². The number of piperazine rings is 1. The molecule has 1 aliphatic rings. The van der Waals surface area contributed by atoms with Gasteiger partial charge in [-0.05, 0) is 14.0 Å². The van der Waals surface area contributed by atoms with E-state index in [0.717, 1.165) is 25.5 Å². The molecule has 2 rings (SSSR count). The van der Waals surface area contributed by atoms with Crippen LogP contribution in [0.1, 0.15) is 12.6 Å². The predicted molar refractivity (Wildman–Crippen MR) is 62.3 cm³/mol. The van der Waals surface area contributed by atoms with E-state index < -0.39 is 0 Å². The molecule has 0 radical (unpaired) electrons. The van der Waals surface area contributed by atoms with Gasteiger partial charge in [0.15, 0.2) is 0 Å². The molecule has 0 spiro atoms. The zero-order chi connectivity index (χ0) is 11.5. The standard InChI is InChI=1S/C11H18N4O/c1-9-7-14(2)3-4-15(9)11-6-12-10(8-16)5-13-11/h5-6,9,16H,3-4,7-8H2,1-2H3. The smallest absolute Gasteiger partial charge is 0.147 e. The number of aromatic nitrogens is 2. The minimum Gasteiger partial charge on any atom is -0.390 e. The lowest BCUT2D eigenvalue weighted by atomic mass is 10.2. The lowest BCUT2D eigenvalue weighted by molar-refractivity contribution is 0.272. The zero-order valence-electron chi connectivity index (χ0n) is 9.80. The fourth-order valence-corrected chi connectivity index (χ4v) is 2.06. The van der Waals surface area contributed by atoms with Crippen molar-refractivity contribution in [2.75, 3.05) is 31.6 Å². The Morgan fingerprint density at radius 2 is 2.19 bits per heavy atom. The summed E-state index contributed by atoms with van der Waals surface area (Å²) in [5.41, 5.74) is 0.616. The normalized spacial score (nSPS) is 22.4. The first-order valence-corrected chi connectivity index (χ1v) is 5.57. The van der Waals surface area contributed by atoms with Crippen LogP contribution in [-0.4, -0.2) is 52.7 Å².